The van der Waals surface area contributed by atoms with Crippen LogP contribution in [0.25, 0.3) is 10.1 Å². The molecule has 1 aromatic heterocycles. The molecule has 0 spiro atoms. The van der Waals surface area contributed by atoms with Crippen molar-refractivity contribution >= 4 is 21.4 Å². The summed E-state index contributed by atoms with van der Waals surface area (Å²) in [6.45, 7) is 8.89. The number of hydrogen-bond donors (Lipinski definition) is 1. The third kappa shape index (κ3) is 2.97. The van der Waals surface area contributed by atoms with Crippen LogP contribution in [0.2, 0.25) is 0 Å². The van der Waals surface area contributed by atoms with E-state index in [0.29, 0.717) is 6.54 Å². The first-order valence-corrected chi connectivity index (χ1v) is 8.38. The normalized spacial score (nSPS) is 17.7. The van der Waals surface area contributed by atoms with Gasteiger partial charge in [0, 0.05) is 54.2 Å². The molecule has 1 saturated heterocycles. The van der Waals surface area contributed by atoms with Crippen molar-refractivity contribution in [3.8, 4) is 0 Å². The van der Waals surface area contributed by atoms with Crippen LogP contribution in [0.1, 0.15) is 17.4 Å². The lowest BCUT2D eigenvalue weighted by Crippen LogP contribution is -2.45. The van der Waals surface area contributed by atoms with E-state index in [4.69, 9.17) is 5.73 Å². The van der Waals surface area contributed by atoms with Crippen LogP contribution in [0, 0.1) is 5.82 Å². The van der Waals surface area contributed by atoms with Crippen LogP contribution >= 0.6 is 11.3 Å². The third-order valence-corrected chi connectivity index (χ3v) is 5.55. The lowest BCUT2D eigenvalue weighted by atomic mass is 10.1. The Morgan fingerprint density at radius 1 is 1.19 bits per heavy atom. The van der Waals surface area contributed by atoms with Gasteiger partial charge in [0.15, 0.2) is 0 Å². The van der Waals surface area contributed by atoms with E-state index in [1.54, 1.807) is 23.5 Å². The van der Waals surface area contributed by atoms with Gasteiger partial charge in [-0.05, 0) is 24.2 Å². The monoisotopic (exact) mass is 307 g/mol. The Kier molecular flexibility index (Phi) is 4.54. The topological polar surface area (TPSA) is 32.5 Å². The van der Waals surface area contributed by atoms with Crippen molar-refractivity contribution in [1.29, 1.82) is 0 Å². The molecule has 1 fully saturated rings. The summed E-state index contributed by atoms with van der Waals surface area (Å²) in [7, 11) is 0. The highest BCUT2D eigenvalue weighted by atomic mass is 32.1. The quantitative estimate of drug-likeness (QED) is 0.942. The number of rotatable bonds is 4. The van der Waals surface area contributed by atoms with Crippen molar-refractivity contribution in [2.45, 2.75) is 20.0 Å². The van der Waals surface area contributed by atoms with Gasteiger partial charge in [-0.3, -0.25) is 4.90 Å². The lowest BCUT2D eigenvalue weighted by molar-refractivity contribution is 0.132. The van der Waals surface area contributed by atoms with Crippen molar-refractivity contribution in [3.05, 3.63) is 34.5 Å². The van der Waals surface area contributed by atoms with E-state index in [0.717, 1.165) is 59.8 Å². The molecule has 0 saturated carbocycles. The first kappa shape index (κ1) is 14.9. The molecule has 0 radical (unpaired) electrons. The molecule has 114 valence electrons. The maximum Gasteiger partial charge on any atom is 0.132 e. The van der Waals surface area contributed by atoms with E-state index in [-0.39, 0.29) is 5.82 Å². The number of fused-ring (bicyclic) bond motifs is 1. The summed E-state index contributed by atoms with van der Waals surface area (Å²) in [6.07, 6.45) is 0. The van der Waals surface area contributed by atoms with Crippen LogP contribution in [0.15, 0.2) is 18.2 Å². The molecule has 0 atom stereocenters. The number of thiophene rings is 1. The molecule has 3 rings (SSSR count). The Bertz CT molecular complexity index is 617. The number of nitrogens with two attached hydrogens (primary N) is 1. The van der Waals surface area contributed by atoms with Crippen molar-refractivity contribution in [2.24, 2.45) is 5.73 Å². The molecular weight excluding hydrogens is 285 g/mol. The summed E-state index contributed by atoms with van der Waals surface area (Å²) in [5, 5.41) is 0.779. The van der Waals surface area contributed by atoms with Crippen molar-refractivity contribution < 1.29 is 4.39 Å². The first-order chi connectivity index (χ1) is 10.2. The molecular formula is C16H22FN3S. The molecule has 2 aromatic rings. The Labute approximate surface area is 129 Å². The van der Waals surface area contributed by atoms with Gasteiger partial charge in [-0.25, -0.2) is 4.39 Å². The maximum absolute atomic E-state index is 14.2. The molecule has 2 N–H and O–H groups in total. The minimum atomic E-state index is -0.120. The van der Waals surface area contributed by atoms with Crippen LogP contribution < -0.4 is 5.73 Å². The number of halogens is 1. The molecule has 1 aliphatic heterocycles. The second-order valence-electron chi connectivity index (χ2n) is 5.53. The Hall–Kier alpha value is -1.01. The molecule has 3 nitrogen and oxygen atoms in total. The van der Waals surface area contributed by atoms with E-state index < -0.39 is 0 Å². The second kappa shape index (κ2) is 6.40. The van der Waals surface area contributed by atoms with Crippen LogP contribution in [0.3, 0.4) is 0 Å². The van der Waals surface area contributed by atoms with Crippen LogP contribution in [-0.4, -0.2) is 42.5 Å². The Morgan fingerprint density at radius 3 is 2.57 bits per heavy atom. The maximum atomic E-state index is 14.2. The largest absolute Gasteiger partial charge is 0.326 e. The van der Waals surface area contributed by atoms with Gasteiger partial charge in [-0.15, -0.1) is 11.3 Å². The van der Waals surface area contributed by atoms with Crippen LogP contribution in [0.4, 0.5) is 4.39 Å². The van der Waals surface area contributed by atoms with Crippen molar-refractivity contribution in [3.63, 3.8) is 0 Å². The number of nitrogens with zero attached hydrogens (tertiary/aromatic N) is 2. The summed E-state index contributed by atoms with van der Waals surface area (Å²) < 4.78 is 15.2. The molecule has 0 bridgehead atoms. The molecule has 0 aliphatic carbocycles. The van der Waals surface area contributed by atoms with Gasteiger partial charge in [0.25, 0.3) is 0 Å². The van der Waals surface area contributed by atoms with Crippen molar-refractivity contribution in [1.82, 2.24) is 9.80 Å². The molecule has 5 heteroatoms. The zero-order valence-corrected chi connectivity index (χ0v) is 13.3. The number of likely N-dealkylation sites (N-methyl/N-ethyl adjacent to an activating group) is 1. The van der Waals surface area contributed by atoms with Crippen LogP contribution in [0.5, 0.6) is 0 Å². The first-order valence-electron chi connectivity index (χ1n) is 7.56. The third-order valence-electron chi connectivity index (χ3n) is 4.33. The number of benzene rings is 1. The highest BCUT2D eigenvalue weighted by molar-refractivity contribution is 7.19. The molecule has 0 amide bonds. The smallest absolute Gasteiger partial charge is 0.132 e. The van der Waals surface area contributed by atoms with Gasteiger partial charge in [-0.2, -0.15) is 0 Å². The van der Waals surface area contributed by atoms with Gasteiger partial charge >= 0.3 is 0 Å². The highest BCUT2D eigenvalue weighted by Gasteiger charge is 2.20. The molecule has 1 aliphatic rings. The second-order valence-corrected chi connectivity index (χ2v) is 6.67. The minimum absolute atomic E-state index is 0.120. The standard InChI is InChI=1S/C16H22FN3S/c1-2-19-6-8-20(9-7-19)11-12-15(10-18)21-14-5-3-4-13(17)16(12)14/h3-5H,2,6-11,18H2,1H3. The average Bonchev–Trinajstić information content (AvgIpc) is 2.87. The fraction of sp³-hybridized carbons (Fsp3) is 0.500. The van der Waals surface area contributed by atoms with Gasteiger partial charge in [0.1, 0.15) is 5.82 Å². The fourth-order valence-electron chi connectivity index (χ4n) is 3.04. The summed E-state index contributed by atoms with van der Waals surface area (Å²) in [5.41, 5.74) is 6.97. The fourth-order valence-corrected chi connectivity index (χ4v) is 4.14. The predicted molar refractivity (Wildman–Crippen MR) is 87.1 cm³/mol. The summed E-state index contributed by atoms with van der Waals surface area (Å²) in [4.78, 5) is 5.99. The lowest BCUT2D eigenvalue weighted by Gasteiger charge is -2.34. The van der Waals surface area contributed by atoms with E-state index in [9.17, 15) is 4.39 Å². The highest BCUT2D eigenvalue weighted by Crippen LogP contribution is 2.34. The van der Waals surface area contributed by atoms with Gasteiger partial charge in [0.05, 0.1) is 0 Å². The Balaban J connectivity index is 1.86. The average molecular weight is 307 g/mol. The van der Waals surface area contributed by atoms with Crippen molar-refractivity contribution in [2.75, 3.05) is 32.7 Å². The summed E-state index contributed by atoms with van der Waals surface area (Å²) in [6, 6.07) is 5.31. The van der Waals surface area contributed by atoms with Gasteiger partial charge in [-0.1, -0.05) is 13.0 Å². The zero-order chi connectivity index (χ0) is 14.8. The van der Waals surface area contributed by atoms with Crippen LogP contribution in [-0.2, 0) is 13.1 Å². The SMILES string of the molecule is CCN1CCN(Cc2c(CN)sc3cccc(F)c23)CC1. The number of piperazine rings is 1. The minimum Gasteiger partial charge on any atom is -0.326 e. The van der Waals surface area contributed by atoms with Gasteiger partial charge < -0.3 is 10.6 Å². The number of hydrogen-bond acceptors (Lipinski definition) is 4. The van der Waals surface area contributed by atoms with Gasteiger partial charge in [0.2, 0.25) is 0 Å². The predicted octanol–water partition coefficient (Wildman–Crippen LogP) is 2.64. The summed E-state index contributed by atoms with van der Waals surface area (Å²) in [5.74, 6) is -0.120. The molecule has 21 heavy (non-hydrogen) atoms. The van der Waals surface area contributed by atoms with E-state index >= 15 is 0 Å². The summed E-state index contributed by atoms with van der Waals surface area (Å²) >= 11 is 1.63. The Morgan fingerprint density at radius 2 is 1.90 bits per heavy atom. The zero-order valence-electron chi connectivity index (χ0n) is 12.4. The van der Waals surface area contributed by atoms with E-state index in [1.807, 2.05) is 6.07 Å². The molecule has 1 aromatic carbocycles. The molecule has 0 unspecified atom stereocenters. The molecule has 2 heterocycles. The van der Waals surface area contributed by atoms with E-state index in [2.05, 4.69) is 16.7 Å². The van der Waals surface area contributed by atoms with E-state index in [1.165, 1.54) is 0 Å².